The first-order chi connectivity index (χ1) is 11.4. The number of hydrogen-bond acceptors (Lipinski definition) is 4. The summed E-state index contributed by atoms with van der Waals surface area (Å²) in [5.74, 6) is 0.470. The summed E-state index contributed by atoms with van der Waals surface area (Å²) >= 11 is 0. The summed E-state index contributed by atoms with van der Waals surface area (Å²) < 4.78 is 28.8. The molecule has 1 amide bonds. The number of benzene rings is 2. The molecule has 1 aliphatic heterocycles. The number of carbonyl (C=O) groups excluding carboxylic acids is 1. The zero-order valence-corrected chi connectivity index (χ0v) is 14.3. The van der Waals surface area contributed by atoms with Crippen molar-refractivity contribution in [2.45, 2.75) is 18.3 Å². The molecule has 0 saturated carbocycles. The fourth-order valence-electron chi connectivity index (χ4n) is 2.67. The monoisotopic (exact) mass is 365 g/mol. The predicted octanol–water partition coefficient (Wildman–Crippen LogP) is 2.94. The molecular formula is C17H16ClNO4S. The van der Waals surface area contributed by atoms with Crippen molar-refractivity contribution in [1.29, 1.82) is 0 Å². The number of ether oxygens (including phenoxy) is 1. The summed E-state index contributed by atoms with van der Waals surface area (Å²) in [6, 6.07) is 16.6. The zero-order valence-electron chi connectivity index (χ0n) is 12.8. The second kappa shape index (κ2) is 6.83. The van der Waals surface area contributed by atoms with Gasteiger partial charge in [0.2, 0.25) is 15.0 Å². The van der Waals surface area contributed by atoms with Gasteiger partial charge < -0.3 is 9.64 Å². The lowest BCUT2D eigenvalue weighted by Gasteiger charge is -2.20. The van der Waals surface area contributed by atoms with Crippen LogP contribution in [0.1, 0.15) is 12.0 Å². The van der Waals surface area contributed by atoms with Crippen LogP contribution in [-0.2, 0) is 20.5 Å². The van der Waals surface area contributed by atoms with Gasteiger partial charge in [0.15, 0.2) is 0 Å². The van der Waals surface area contributed by atoms with Gasteiger partial charge in [0.1, 0.15) is 17.6 Å². The number of para-hydroxylation sites is 2. The van der Waals surface area contributed by atoms with Crippen molar-refractivity contribution in [3.05, 3.63) is 60.2 Å². The molecule has 0 bridgehead atoms. The van der Waals surface area contributed by atoms with Crippen molar-refractivity contribution in [3.63, 3.8) is 0 Å². The van der Waals surface area contributed by atoms with Crippen molar-refractivity contribution in [2.24, 2.45) is 0 Å². The van der Waals surface area contributed by atoms with E-state index in [1.807, 2.05) is 42.5 Å². The Morgan fingerprint density at radius 1 is 1.08 bits per heavy atom. The highest BCUT2D eigenvalue weighted by molar-refractivity contribution is 8.14. The minimum atomic E-state index is -3.77. The van der Waals surface area contributed by atoms with E-state index in [2.05, 4.69) is 0 Å². The molecule has 1 saturated heterocycles. The van der Waals surface area contributed by atoms with E-state index in [1.165, 1.54) is 4.90 Å². The van der Waals surface area contributed by atoms with Gasteiger partial charge in [0, 0.05) is 29.2 Å². The van der Waals surface area contributed by atoms with Crippen LogP contribution in [0.5, 0.6) is 5.75 Å². The van der Waals surface area contributed by atoms with E-state index < -0.39 is 14.3 Å². The summed E-state index contributed by atoms with van der Waals surface area (Å²) in [4.78, 5) is 13.7. The van der Waals surface area contributed by atoms with Crippen molar-refractivity contribution >= 4 is 31.3 Å². The maximum absolute atomic E-state index is 12.2. The fourth-order valence-corrected chi connectivity index (χ4v) is 3.70. The molecule has 0 aliphatic carbocycles. The average Bonchev–Trinajstić information content (AvgIpc) is 2.96. The highest BCUT2D eigenvalue weighted by Crippen LogP contribution is 2.30. The summed E-state index contributed by atoms with van der Waals surface area (Å²) in [7, 11) is 1.64. The largest absolute Gasteiger partial charge is 0.489 e. The summed E-state index contributed by atoms with van der Waals surface area (Å²) in [6.45, 7) is 0.343. The molecule has 0 radical (unpaired) electrons. The lowest BCUT2D eigenvalue weighted by molar-refractivity contribution is -0.117. The first kappa shape index (κ1) is 16.8. The molecule has 0 aromatic heterocycles. The van der Waals surface area contributed by atoms with Crippen LogP contribution in [0, 0.1) is 0 Å². The molecule has 1 unspecified atom stereocenters. The number of nitrogens with zero attached hydrogens (tertiary/aromatic N) is 1. The van der Waals surface area contributed by atoms with E-state index in [1.54, 1.807) is 12.1 Å². The van der Waals surface area contributed by atoms with Gasteiger partial charge in [-0.3, -0.25) is 4.79 Å². The minimum Gasteiger partial charge on any atom is -0.489 e. The Balaban J connectivity index is 1.80. The first-order valence-corrected chi connectivity index (χ1v) is 9.82. The first-order valence-electron chi connectivity index (χ1n) is 7.45. The molecule has 3 rings (SSSR count). The number of hydrogen-bond donors (Lipinski definition) is 0. The number of amides is 1. The van der Waals surface area contributed by atoms with Gasteiger partial charge in [-0.1, -0.05) is 36.4 Å². The van der Waals surface area contributed by atoms with E-state index in [0.717, 1.165) is 11.3 Å². The van der Waals surface area contributed by atoms with Gasteiger partial charge in [0.25, 0.3) is 0 Å². The number of carbonyl (C=O) groups is 1. The van der Waals surface area contributed by atoms with E-state index in [0.29, 0.717) is 5.69 Å². The maximum Gasteiger partial charge on any atom is 0.237 e. The van der Waals surface area contributed by atoms with E-state index in [9.17, 15) is 13.2 Å². The van der Waals surface area contributed by atoms with Crippen LogP contribution in [0.4, 0.5) is 5.69 Å². The van der Waals surface area contributed by atoms with E-state index in [4.69, 9.17) is 15.4 Å². The third-order valence-electron chi connectivity index (χ3n) is 3.91. The van der Waals surface area contributed by atoms with Crippen molar-refractivity contribution in [2.75, 3.05) is 11.4 Å². The van der Waals surface area contributed by atoms with Gasteiger partial charge in [-0.2, -0.15) is 0 Å². The van der Waals surface area contributed by atoms with Crippen molar-refractivity contribution in [1.82, 2.24) is 0 Å². The summed E-state index contributed by atoms with van der Waals surface area (Å²) in [5, 5.41) is -0.880. The lowest BCUT2D eigenvalue weighted by atomic mass is 10.1. The summed E-state index contributed by atoms with van der Waals surface area (Å²) in [6.07, 6.45) is -0.0975. The second-order valence-electron chi connectivity index (χ2n) is 5.54. The topological polar surface area (TPSA) is 63.7 Å². The Morgan fingerprint density at radius 2 is 1.75 bits per heavy atom. The molecule has 0 N–H and O–H groups in total. The molecular weight excluding hydrogens is 350 g/mol. The van der Waals surface area contributed by atoms with Crippen molar-refractivity contribution in [3.8, 4) is 5.75 Å². The number of halogens is 1. The quantitative estimate of drug-likeness (QED) is 0.764. The molecule has 2 aromatic rings. The maximum atomic E-state index is 12.2. The van der Waals surface area contributed by atoms with Gasteiger partial charge in [-0.05, 0) is 18.2 Å². The molecule has 0 spiro atoms. The van der Waals surface area contributed by atoms with E-state index in [-0.39, 0.29) is 25.5 Å². The minimum absolute atomic E-state index is 0.0625. The molecule has 2 aromatic carbocycles. The smallest absolute Gasteiger partial charge is 0.237 e. The fraction of sp³-hybridized carbons (Fsp3) is 0.235. The van der Waals surface area contributed by atoms with Crippen LogP contribution in [0.25, 0.3) is 0 Å². The molecule has 5 nitrogen and oxygen atoms in total. The molecule has 126 valence electrons. The van der Waals surface area contributed by atoms with Crippen LogP contribution in [0.2, 0.25) is 0 Å². The normalized spacial score (nSPS) is 18.0. The van der Waals surface area contributed by atoms with Gasteiger partial charge >= 0.3 is 0 Å². The van der Waals surface area contributed by atoms with Crippen LogP contribution in [0.3, 0.4) is 0 Å². The zero-order chi connectivity index (χ0) is 17.2. The average molecular weight is 366 g/mol. The van der Waals surface area contributed by atoms with Crippen LogP contribution in [0.15, 0.2) is 54.6 Å². The Kier molecular flexibility index (Phi) is 4.78. The van der Waals surface area contributed by atoms with E-state index >= 15 is 0 Å². The molecule has 1 aliphatic rings. The van der Waals surface area contributed by atoms with Gasteiger partial charge in [-0.15, -0.1) is 0 Å². The highest BCUT2D eigenvalue weighted by Gasteiger charge is 2.38. The number of rotatable bonds is 5. The molecule has 24 heavy (non-hydrogen) atoms. The Hall–Kier alpha value is -2.05. The van der Waals surface area contributed by atoms with Crippen LogP contribution < -0.4 is 9.64 Å². The predicted molar refractivity (Wildman–Crippen MR) is 92.7 cm³/mol. The van der Waals surface area contributed by atoms with Crippen molar-refractivity contribution < 1.29 is 17.9 Å². The second-order valence-corrected chi connectivity index (χ2v) is 8.44. The molecule has 1 atom stereocenters. The summed E-state index contributed by atoms with van der Waals surface area (Å²) in [5.41, 5.74) is 1.46. The van der Waals surface area contributed by atoms with Crippen LogP contribution in [-0.4, -0.2) is 26.1 Å². The lowest BCUT2D eigenvalue weighted by Crippen LogP contribution is -2.27. The number of anilines is 1. The molecule has 7 heteroatoms. The van der Waals surface area contributed by atoms with Crippen LogP contribution >= 0.6 is 10.7 Å². The SMILES string of the molecule is O=C1CC(S(=O)(=O)Cl)CN1c1ccccc1COc1ccccc1. The van der Waals surface area contributed by atoms with Gasteiger partial charge in [-0.25, -0.2) is 8.42 Å². The Bertz CT molecular complexity index is 839. The molecule has 1 heterocycles. The third-order valence-corrected chi connectivity index (χ3v) is 5.78. The highest BCUT2D eigenvalue weighted by atomic mass is 35.7. The molecule has 1 fully saturated rings. The Labute approximate surface area is 145 Å². The Morgan fingerprint density at radius 3 is 2.42 bits per heavy atom. The standard InChI is InChI=1S/C17H16ClNO4S/c18-24(21,22)15-10-17(20)19(11-15)16-9-5-4-6-13(16)12-23-14-7-2-1-3-8-14/h1-9,15H,10-12H2. The van der Waals surface area contributed by atoms with Gasteiger partial charge in [0.05, 0.1) is 5.69 Å². The third kappa shape index (κ3) is 3.71.